The van der Waals surface area contributed by atoms with Crippen LogP contribution in [0.5, 0.6) is 0 Å². The molecule has 0 rings (SSSR count). The van der Waals surface area contributed by atoms with Crippen LogP contribution >= 0.6 is 0 Å². The molecule has 0 aromatic rings. The van der Waals surface area contributed by atoms with Crippen molar-refractivity contribution in [2.24, 2.45) is 0 Å². The van der Waals surface area contributed by atoms with E-state index in [-0.39, 0.29) is 5.97 Å². The number of hydrogen-bond donors (Lipinski definition) is 0. The van der Waals surface area contributed by atoms with Gasteiger partial charge in [-0.1, -0.05) is 20.8 Å². The maximum absolute atomic E-state index is 11.3. The molecule has 0 spiro atoms. The molecule has 0 aromatic carbocycles. The molecule has 17 heavy (non-hydrogen) atoms. The van der Waals surface area contributed by atoms with Crippen LogP contribution in [0.15, 0.2) is 0 Å². The number of quaternary nitrogens is 1. The lowest BCUT2D eigenvalue weighted by atomic mass is 10.2. The molecule has 0 heterocycles. The fourth-order valence-corrected chi connectivity index (χ4v) is 2.39. The first-order valence-corrected chi connectivity index (χ1v) is 7.14. The van der Waals surface area contributed by atoms with Crippen LogP contribution in [-0.2, 0) is 9.53 Å². The van der Waals surface area contributed by atoms with Gasteiger partial charge in [-0.2, -0.15) is 0 Å². The van der Waals surface area contributed by atoms with Crippen LogP contribution in [0.25, 0.3) is 0 Å². The van der Waals surface area contributed by atoms with Crippen molar-refractivity contribution < 1.29 is 14.0 Å². The number of rotatable bonds is 10. The van der Waals surface area contributed by atoms with Gasteiger partial charge in [0.15, 0.2) is 0 Å². The summed E-state index contributed by atoms with van der Waals surface area (Å²) >= 11 is 0. The van der Waals surface area contributed by atoms with Gasteiger partial charge in [-0.25, -0.2) is 0 Å². The first-order chi connectivity index (χ1) is 8.14. The van der Waals surface area contributed by atoms with Crippen LogP contribution in [0.3, 0.4) is 0 Å². The Morgan fingerprint density at radius 2 is 1.53 bits per heavy atom. The lowest BCUT2D eigenvalue weighted by Gasteiger charge is -2.37. The highest BCUT2D eigenvalue weighted by atomic mass is 16.5. The summed E-state index contributed by atoms with van der Waals surface area (Å²) in [5, 5.41) is 0. The molecule has 0 unspecified atom stereocenters. The van der Waals surface area contributed by atoms with Crippen molar-refractivity contribution in [2.75, 3.05) is 32.8 Å². The van der Waals surface area contributed by atoms with Crippen LogP contribution in [0.2, 0.25) is 0 Å². The number of likely N-dealkylation sites (N-methyl/N-ethyl adjacent to an activating group) is 1. The van der Waals surface area contributed by atoms with Gasteiger partial charge in [0.25, 0.3) is 0 Å². The maximum atomic E-state index is 11.3. The molecule has 0 saturated heterocycles. The number of carbonyl (C=O) groups excluding carboxylic acids is 1. The number of hydrogen-bond acceptors (Lipinski definition) is 2. The zero-order valence-electron chi connectivity index (χ0n) is 12.1. The normalized spacial score (nSPS) is 11.5. The largest absolute Gasteiger partial charge is 0.460 e. The average Bonchev–Trinajstić information content (AvgIpc) is 2.30. The van der Waals surface area contributed by atoms with Crippen molar-refractivity contribution in [1.29, 1.82) is 0 Å². The van der Waals surface area contributed by atoms with E-state index in [1.165, 1.54) is 25.9 Å². The Bertz CT molecular complexity index is 198. The third-order valence-corrected chi connectivity index (χ3v) is 3.35. The minimum Gasteiger partial charge on any atom is -0.460 e. The van der Waals surface area contributed by atoms with Gasteiger partial charge >= 0.3 is 5.97 Å². The summed E-state index contributed by atoms with van der Waals surface area (Å²) in [6.45, 7) is 13.7. The molecule has 3 heteroatoms. The van der Waals surface area contributed by atoms with E-state index in [4.69, 9.17) is 4.74 Å². The second-order valence-corrected chi connectivity index (χ2v) is 4.80. The standard InChI is InChI=1S/C14H30NO2/c1-5-9-14(16)17-13-12-15(8-4,10-6-2)11-7-3/h5-13H2,1-4H3/q+1. The zero-order chi connectivity index (χ0) is 13.1. The highest BCUT2D eigenvalue weighted by Crippen LogP contribution is 2.09. The maximum Gasteiger partial charge on any atom is 0.305 e. The van der Waals surface area contributed by atoms with E-state index in [2.05, 4.69) is 20.8 Å². The number of esters is 1. The third-order valence-electron chi connectivity index (χ3n) is 3.35. The first-order valence-electron chi connectivity index (χ1n) is 7.14. The SMILES string of the molecule is CCCC(=O)OCC[N+](CC)(CCC)CCC. The van der Waals surface area contributed by atoms with Gasteiger partial charge in [0.05, 0.1) is 19.6 Å². The molecule has 0 aromatic heterocycles. The first kappa shape index (κ1) is 16.4. The summed E-state index contributed by atoms with van der Waals surface area (Å²) in [7, 11) is 0. The Labute approximate surface area is 107 Å². The van der Waals surface area contributed by atoms with E-state index in [1.807, 2.05) is 6.92 Å². The third kappa shape index (κ3) is 6.67. The topological polar surface area (TPSA) is 26.3 Å². The number of carbonyl (C=O) groups is 1. The molecule has 3 nitrogen and oxygen atoms in total. The van der Waals surface area contributed by atoms with Gasteiger partial charge in [-0.15, -0.1) is 0 Å². The minimum atomic E-state index is -0.0466. The molecule has 0 radical (unpaired) electrons. The van der Waals surface area contributed by atoms with Gasteiger partial charge in [0, 0.05) is 6.42 Å². The average molecular weight is 244 g/mol. The van der Waals surface area contributed by atoms with Crippen LogP contribution in [-0.4, -0.2) is 43.2 Å². The second kappa shape index (κ2) is 9.46. The van der Waals surface area contributed by atoms with Crippen LogP contribution in [0.4, 0.5) is 0 Å². The smallest absolute Gasteiger partial charge is 0.305 e. The Balaban J connectivity index is 4.10. The molecular weight excluding hydrogens is 214 g/mol. The van der Waals surface area contributed by atoms with Gasteiger partial charge < -0.3 is 9.22 Å². The molecule has 102 valence electrons. The molecule has 0 aliphatic carbocycles. The van der Waals surface area contributed by atoms with Crippen LogP contribution in [0.1, 0.15) is 53.4 Å². The fourth-order valence-electron chi connectivity index (χ4n) is 2.39. The molecule has 0 amide bonds. The molecule has 0 bridgehead atoms. The fraction of sp³-hybridized carbons (Fsp3) is 0.929. The highest BCUT2D eigenvalue weighted by Gasteiger charge is 2.23. The van der Waals surface area contributed by atoms with Crippen LogP contribution < -0.4 is 0 Å². The van der Waals surface area contributed by atoms with Crippen molar-refractivity contribution in [3.63, 3.8) is 0 Å². The van der Waals surface area contributed by atoms with Crippen molar-refractivity contribution in [3.8, 4) is 0 Å². The molecule has 0 atom stereocenters. The zero-order valence-corrected chi connectivity index (χ0v) is 12.1. The monoisotopic (exact) mass is 244 g/mol. The second-order valence-electron chi connectivity index (χ2n) is 4.80. The van der Waals surface area contributed by atoms with Crippen molar-refractivity contribution in [1.82, 2.24) is 0 Å². The van der Waals surface area contributed by atoms with E-state index in [1.54, 1.807) is 0 Å². The van der Waals surface area contributed by atoms with Crippen molar-refractivity contribution in [2.45, 2.75) is 53.4 Å². The van der Waals surface area contributed by atoms with Gasteiger partial charge in [-0.3, -0.25) is 4.79 Å². The summed E-state index contributed by atoms with van der Waals surface area (Å²) in [5.41, 5.74) is 0. The van der Waals surface area contributed by atoms with Gasteiger partial charge in [0.2, 0.25) is 0 Å². The van der Waals surface area contributed by atoms with Crippen molar-refractivity contribution in [3.05, 3.63) is 0 Å². The molecule has 0 fully saturated rings. The van der Waals surface area contributed by atoms with Crippen molar-refractivity contribution >= 4 is 5.97 Å². The van der Waals surface area contributed by atoms with E-state index in [0.717, 1.165) is 24.0 Å². The summed E-state index contributed by atoms with van der Waals surface area (Å²) in [5.74, 6) is -0.0466. The molecule has 0 saturated carbocycles. The van der Waals surface area contributed by atoms with E-state index < -0.39 is 0 Å². The predicted molar refractivity (Wildman–Crippen MR) is 71.9 cm³/mol. The van der Waals surface area contributed by atoms with Crippen LogP contribution in [0, 0.1) is 0 Å². The van der Waals surface area contributed by atoms with E-state index in [0.29, 0.717) is 13.0 Å². The Morgan fingerprint density at radius 1 is 0.941 bits per heavy atom. The molecule has 0 N–H and O–H groups in total. The Morgan fingerprint density at radius 3 is 1.94 bits per heavy atom. The lowest BCUT2D eigenvalue weighted by molar-refractivity contribution is -0.926. The summed E-state index contributed by atoms with van der Waals surface area (Å²) in [4.78, 5) is 11.3. The molecule has 0 aliphatic rings. The van der Waals surface area contributed by atoms with Gasteiger partial charge in [-0.05, 0) is 26.2 Å². The molecular formula is C14H30NO2+. The van der Waals surface area contributed by atoms with E-state index in [9.17, 15) is 4.79 Å². The summed E-state index contributed by atoms with van der Waals surface area (Å²) < 4.78 is 6.37. The lowest BCUT2D eigenvalue weighted by Crippen LogP contribution is -2.51. The summed E-state index contributed by atoms with van der Waals surface area (Å²) in [6.07, 6.45) is 3.80. The summed E-state index contributed by atoms with van der Waals surface area (Å²) in [6, 6.07) is 0. The predicted octanol–water partition coefficient (Wildman–Crippen LogP) is 2.99. The quantitative estimate of drug-likeness (QED) is 0.436. The minimum absolute atomic E-state index is 0.0466. The van der Waals surface area contributed by atoms with E-state index >= 15 is 0 Å². The Kier molecular flexibility index (Phi) is 9.14. The number of nitrogens with zero attached hydrogens (tertiary/aromatic N) is 1. The van der Waals surface area contributed by atoms with Gasteiger partial charge in [0.1, 0.15) is 13.2 Å². The highest BCUT2D eigenvalue weighted by molar-refractivity contribution is 5.69. The Hall–Kier alpha value is -0.570. The molecule has 0 aliphatic heterocycles. The number of ether oxygens (including phenoxy) is 1.